The maximum Gasteiger partial charge on any atom is 0.242 e. The molecule has 0 aliphatic heterocycles. The largest absolute Gasteiger partial charge is 0.479 e. The molecule has 1 aromatic heterocycles. The van der Waals surface area contributed by atoms with Gasteiger partial charge in [0, 0.05) is 10.6 Å². The standard InChI is InChI=1S/C11H8BrCl2N3O/c1-18-11-8(16-9(12)10(15)17-11)6-3-2-5(13)4-7(6)14/h2-4H,1H3,(H2,15,17). The van der Waals surface area contributed by atoms with Crippen LogP contribution in [0.15, 0.2) is 22.8 Å². The fourth-order valence-corrected chi connectivity index (χ4v) is 2.17. The van der Waals surface area contributed by atoms with Gasteiger partial charge in [-0.05, 0) is 34.1 Å². The van der Waals surface area contributed by atoms with E-state index in [1.165, 1.54) is 7.11 Å². The van der Waals surface area contributed by atoms with E-state index in [1.54, 1.807) is 18.2 Å². The number of nitrogens with zero attached hydrogens (tertiary/aromatic N) is 2. The van der Waals surface area contributed by atoms with Crippen LogP contribution in [0.4, 0.5) is 5.82 Å². The zero-order valence-corrected chi connectivity index (χ0v) is 12.3. The van der Waals surface area contributed by atoms with Gasteiger partial charge >= 0.3 is 0 Å². The Balaban J connectivity index is 2.66. The van der Waals surface area contributed by atoms with Crippen LogP contribution in [-0.2, 0) is 0 Å². The molecule has 0 saturated carbocycles. The third-order valence-corrected chi connectivity index (χ3v) is 3.36. The third kappa shape index (κ3) is 2.53. The van der Waals surface area contributed by atoms with Crippen molar-refractivity contribution in [3.63, 3.8) is 0 Å². The zero-order chi connectivity index (χ0) is 13.3. The fraction of sp³-hybridized carbons (Fsp3) is 0.0909. The Morgan fingerprint density at radius 3 is 2.61 bits per heavy atom. The molecule has 2 N–H and O–H groups in total. The Hall–Kier alpha value is -1.04. The monoisotopic (exact) mass is 347 g/mol. The first-order chi connectivity index (χ1) is 8.52. The van der Waals surface area contributed by atoms with Gasteiger partial charge in [-0.15, -0.1) is 0 Å². The third-order valence-electron chi connectivity index (χ3n) is 2.23. The van der Waals surface area contributed by atoms with E-state index < -0.39 is 0 Å². The first-order valence-electron chi connectivity index (χ1n) is 4.85. The number of nitrogen functional groups attached to an aromatic ring is 1. The van der Waals surface area contributed by atoms with Crippen LogP contribution >= 0.6 is 39.1 Å². The van der Waals surface area contributed by atoms with Crippen LogP contribution < -0.4 is 10.5 Å². The van der Waals surface area contributed by atoms with Crippen molar-refractivity contribution in [2.45, 2.75) is 0 Å². The molecule has 0 atom stereocenters. The van der Waals surface area contributed by atoms with Crippen LogP contribution in [0.1, 0.15) is 0 Å². The number of aromatic nitrogens is 2. The summed E-state index contributed by atoms with van der Waals surface area (Å²) in [6.07, 6.45) is 0. The van der Waals surface area contributed by atoms with Crippen molar-refractivity contribution in [1.29, 1.82) is 0 Å². The highest BCUT2D eigenvalue weighted by Crippen LogP contribution is 2.35. The van der Waals surface area contributed by atoms with E-state index in [0.717, 1.165) is 0 Å². The normalized spacial score (nSPS) is 10.4. The van der Waals surface area contributed by atoms with E-state index in [0.29, 0.717) is 31.8 Å². The van der Waals surface area contributed by atoms with Crippen LogP contribution in [0.25, 0.3) is 11.3 Å². The molecular formula is C11H8BrCl2N3O. The predicted molar refractivity (Wildman–Crippen MR) is 76.2 cm³/mol. The summed E-state index contributed by atoms with van der Waals surface area (Å²) in [5, 5.41) is 1.01. The van der Waals surface area contributed by atoms with Gasteiger partial charge < -0.3 is 10.5 Å². The minimum Gasteiger partial charge on any atom is -0.479 e. The highest BCUT2D eigenvalue weighted by molar-refractivity contribution is 9.10. The zero-order valence-electron chi connectivity index (χ0n) is 9.25. The van der Waals surface area contributed by atoms with Gasteiger partial charge in [-0.2, -0.15) is 4.98 Å². The summed E-state index contributed by atoms with van der Waals surface area (Å²) in [4.78, 5) is 8.37. The SMILES string of the molecule is COc1nc(N)c(Br)nc1-c1ccc(Cl)cc1Cl. The molecule has 94 valence electrons. The minimum absolute atomic E-state index is 0.251. The number of halogens is 3. The molecule has 2 aromatic rings. The molecule has 0 aliphatic carbocycles. The maximum atomic E-state index is 6.13. The Morgan fingerprint density at radius 1 is 1.28 bits per heavy atom. The molecule has 1 heterocycles. The lowest BCUT2D eigenvalue weighted by atomic mass is 10.1. The van der Waals surface area contributed by atoms with Crippen LogP contribution in [0, 0.1) is 0 Å². The number of nitrogens with two attached hydrogens (primary N) is 1. The number of benzene rings is 1. The topological polar surface area (TPSA) is 61.0 Å². The first kappa shape index (κ1) is 13.4. The smallest absolute Gasteiger partial charge is 0.242 e. The fourth-order valence-electron chi connectivity index (χ4n) is 1.41. The van der Waals surface area contributed by atoms with Gasteiger partial charge in [0.2, 0.25) is 5.88 Å². The van der Waals surface area contributed by atoms with E-state index in [4.69, 9.17) is 33.7 Å². The van der Waals surface area contributed by atoms with E-state index in [-0.39, 0.29) is 5.82 Å². The second kappa shape index (κ2) is 5.30. The number of hydrogen-bond acceptors (Lipinski definition) is 4. The summed E-state index contributed by atoms with van der Waals surface area (Å²) in [5.41, 5.74) is 6.82. The summed E-state index contributed by atoms with van der Waals surface area (Å²) in [7, 11) is 1.49. The summed E-state index contributed by atoms with van der Waals surface area (Å²) < 4.78 is 5.59. The molecule has 0 unspecified atom stereocenters. The lowest BCUT2D eigenvalue weighted by molar-refractivity contribution is 0.398. The second-order valence-electron chi connectivity index (χ2n) is 3.38. The molecule has 0 saturated heterocycles. The molecule has 0 bridgehead atoms. The summed E-state index contributed by atoms with van der Waals surface area (Å²) >= 11 is 15.2. The summed E-state index contributed by atoms with van der Waals surface area (Å²) in [6.45, 7) is 0. The average Bonchev–Trinajstić information content (AvgIpc) is 2.32. The molecule has 2 rings (SSSR count). The van der Waals surface area contributed by atoms with Gasteiger partial charge in [0.05, 0.1) is 12.1 Å². The van der Waals surface area contributed by atoms with Crippen molar-refractivity contribution in [2.75, 3.05) is 12.8 Å². The first-order valence-corrected chi connectivity index (χ1v) is 6.40. The van der Waals surface area contributed by atoms with Gasteiger partial charge in [0.1, 0.15) is 10.3 Å². The average molecular weight is 349 g/mol. The maximum absolute atomic E-state index is 6.13. The van der Waals surface area contributed by atoms with Gasteiger partial charge in [-0.25, -0.2) is 4.98 Å². The molecule has 0 amide bonds. The quantitative estimate of drug-likeness (QED) is 0.896. The summed E-state index contributed by atoms with van der Waals surface area (Å²) in [5.74, 6) is 0.556. The van der Waals surface area contributed by atoms with Crippen LogP contribution in [0.5, 0.6) is 5.88 Å². The molecule has 1 aromatic carbocycles. The van der Waals surface area contributed by atoms with Gasteiger partial charge in [0.15, 0.2) is 5.82 Å². The molecule has 0 radical (unpaired) electrons. The highest BCUT2D eigenvalue weighted by atomic mass is 79.9. The summed E-state index contributed by atoms with van der Waals surface area (Å²) in [6, 6.07) is 5.10. The Bertz CT molecular complexity index is 607. The number of rotatable bonds is 2. The van der Waals surface area contributed by atoms with E-state index in [2.05, 4.69) is 25.9 Å². The molecule has 0 aliphatic rings. The van der Waals surface area contributed by atoms with Crippen molar-refractivity contribution < 1.29 is 4.74 Å². The molecule has 18 heavy (non-hydrogen) atoms. The van der Waals surface area contributed by atoms with Crippen molar-refractivity contribution in [3.8, 4) is 17.1 Å². The van der Waals surface area contributed by atoms with Gasteiger partial charge in [-0.1, -0.05) is 23.2 Å². The minimum atomic E-state index is 0.251. The molecule has 4 nitrogen and oxygen atoms in total. The molecular weight excluding hydrogens is 341 g/mol. The number of methoxy groups -OCH3 is 1. The van der Waals surface area contributed by atoms with Crippen LogP contribution in [-0.4, -0.2) is 17.1 Å². The van der Waals surface area contributed by atoms with Gasteiger partial charge in [-0.3, -0.25) is 0 Å². The van der Waals surface area contributed by atoms with Crippen LogP contribution in [0.2, 0.25) is 10.0 Å². The Kier molecular flexibility index (Phi) is 3.94. The Morgan fingerprint density at radius 2 is 2.00 bits per heavy atom. The van der Waals surface area contributed by atoms with E-state index in [9.17, 15) is 0 Å². The van der Waals surface area contributed by atoms with Gasteiger partial charge in [0.25, 0.3) is 0 Å². The van der Waals surface area contributed by atoms with E-state index >= 15 is 0 Å². The van der Waals surface area contributed by atoms with Crippen molar-refractivity contribution in [3.05, 3.63) is 32.8 Å². The van der Waals surface area contributed by atoms with Crippen LogP contribution in [0.3, 0.4) is 0 Å². The highest BCUT2D eigenvalue weighted by Gasteiger charge is 2.15. The molecule has 0 fully saturated rings. The van der Waals surface area contributed by atoms with Crippen molar-refractivity contribution >= 4 is 44.9 Å². The number of anilines is 1. The van der Waals surface area contributed by atoms with Crippen molar-refractivity contribution in [1.82, 2.24) is 9.97 Å². The van der Waals surface area contributed by atoms with E-state index in [1.807, 2.05) is 0 Å². The lowest BCUT2D eigenvalue weighted by Crippen LogP contribution is -2.01. The number of hydrogen-bond donors (Lipinski definition) is 1. The lowest BCUT2D eigenvalue weighted by Gasteiger charge is -2.10. The molecule has 7 heteroatoms. The second-order valence-corrected chi connectivity index (χ2v) is 4.98. The van der Waals surface area contributed by atoms with Crippen molar-refractivity contribution in [2.24, 2.45) is 0 Å². The predicted octanol–water partition coefficient (Wildman–Crippen LogP) is 3.80. The molecule has 0 spiro atoms. The number of ether oxygens (including phenoxy) is 1. The Labute approximate surface area is 122 Å².